The molecule has 0 radical (unpaired) electrons. The monoisotopic (exact) mass is 221 g/mol. The van der Waals surface area contributed by atoms with Crippen LogP contribution in [-0.4, -0.2) is 12.4 Å². The highest BCUT2D eigenvalue weighted by atomic mass is 16.5. The van der Waals surface area contributed by atoms with Crippen molar-refractivity contribution in [3.63, 3.8) is 0 Å². The molecule has 0 bridgehead atoms. The van der Waals surface area contributed by atoms with E-state index in [2.05, 4.69) is 13.8 Å². The van der Waals surface area contributed by atoms with Gasteiger partial charge in [0.2, 0.25) is 0 Å². The fourth-order valence-electron chi connectivity index (χ4n) is 1.35. The van der Waals surface area contributed by atoms with Gasteiger partial charge >= 0.3 is 0 Å². The minimum Gasteiger partial charge on any atom is -0.493 e. The average Bonchev–Trinajstić information content (AvgIpc) is 2.19. The van der Waals surface area contributed by atoms with E-state index in [-0.39, 0.29) is 5.78 Å². The van der Waals surface area contributed by atoms with E-state index in [1.54, 1.807) is 18.2 Å². The quantitative estimate of drug-likeness (QED) is 0.614. The summed E-state index contributed by atoms with van der Waals surface area (Å²) in [6, 6.07) is 5.16. The Bertz CT molecular complexity index is 372. The first-order valence-corrected chi connectivity index (χ1v) is 5.54. The number of nitrogen functional groups attached to an aromatic ring is 1. The van der Waals surface area contributed by atoms with Gasteiger partial charge in [0.05, 0.1) is 12.2 Å². The molecule has 16 heavy (non-hydrogen) atoms. The zero-order valence-electron chi connectivity index (χ0n) is 10.1. The minimum absolute atomic E-state index is 0.0214. The Morgan fingerprint density at radius 1 is 1.44 bits per heavy atom. The van der Waals surface area contributed by atoms with Crippen LogP contribution < -0.4 is 10.5 Å². The van der Waals surface area contributed by atoms with Crippen LogP contribution in [0, 0.1) is 5.92 Å². The Balaban J connectivity index is 2.75. The third kappa shape index (κ3) is 3.57. The van der Waals surface area contributed by atoms with Crippen molar-refractivity contribution in [2.24, 2.45) is 5.92 Å². The van der Waals surface area contributed by atoms with Crippen LogP contribution in [0.5, 0.6) is 5.75 Å². The zero-order valence-corrected chi connectivity index (χ0v) is 10.1. The zero-order chi connectivity index (χ0) is 12.1. The van der Waals surface area contributed by atoms with Gasteiger partial charge in [-0.3, -0.25) is 4.79 Å². The van der Waals surface area contributed by atoms with Gasteiger partial charge in [0, 0.05) is 5.69 Å². The largest absolute Gasteiger partial charge is 0.493 e. The van der Waals surface area contributed by atoms with Crippen LogP contribution in [-0.2, 0) is 0 Å². The predicted molar refractivity (Wildman–Crippen MR) is 65.8 cm³/mol. The Morgan fingerprint density at radius 3 is 2.69 bits per heavy atom. The molecule has 0 fully saturated rings. The summed E-state index contributed by atoms with van der Waals surface area (Å²) in [5.41, 5.74) is 6.78. The van der Waals surface area contributed by atoms with E-state index in [1.165, 1.54) is 6.92 Å². The summed E-state index contributed by atoms with van der Waals surface area (Å²) in [5.74, 6) is 1.20. The normalized spacial score (nSPS) is 10.5. The fourth-order valence-corrected chi connectivity index (χ4v) is 1.35. The standard InChI is InChI=1S/C13H19NO2/c1-9(2)6-7-16-13-5-4-11(14)8-12(13)10(3)15/h4-5,8-9H,6-7,14H2,1-3H3. The minimum atomic E-state index is -0.0214. The number of Topliss-reactive ketones (excluding diaryl/α,β-unsaturated/α-hetero) is 1. The average molecular weight is 221 g/mol. The molecule has 0 saturated heterocycles. The lowest BCUT2D eigenvalue weighted by molar-refractivity contribution is 0.101. The van der Waals surface area contributed by atoms with E-state index in [9.17, 15) is 4.79 Å². The summed E-state index contributed by atoms with van der Waals surface area (Å²) in [7, 11) is 0. The van der Waals surface area contributed by atoms with Gasteiger partial charge in [-0.05, 0) is 37.5 Å². The Morgan fingerprint density at radius 2 is 2.12 bits per heavy atom. The first kappa shape index (κ1) is 12.6. The molecule has 88 valence electrons. The number of nitrogens with two attached hydrogens (primary N) is 1. The molecular formula is C13H19NO2. The number of benzene rings is 1. The maximum Gasteiger partial charge on any atom is 0.163 e. The molecule has 0 heterocycles. The number of ketones is 1. The Hall–Kier alpha value is -1.51. The van der Waals surface area contributed by atoms with Crippen molar-refractivity contribution in [2.75, 3.05) is 12.3 Å². The second kappa shape index (κ2) is 5.54. The van der Waals surface area contributed by atoms with E-state index >= 15 is 0 Å². The molecule has 0 aliphatic carbocycles. The lowest BCUT2D eigenvalue weighted by atomic mass is 10.1. The SMILES string of the molecule is CC(=O)c1cc(N)ccc1OCCC(C)C. The predicted octanol–water partition coefficient (Wildman–Crippen LogP) is 2.90. The van der Waals surface area contributed by atoms with E-state index < -0.39 is 0 Å². The first-order valence-electron chi connectivity index (χ1n) is 5.54. The van der Waals surface area contributed by atoms with Crippen LogP contribution in [0.2, 0.25) is 0 Å². The lowest BCUT2D eigenvalue weighted by Crippen LogP contribution is -2.05. The molecule has 0 aromatic heterocycles. The van der Waals surface area contributed by atoms with Crippen molar-refractivity contribution in [1.29, 1.82) is 0 Å². The highest BCUT2D eigenvalue weighted by molar-refractivity contribution is 5.97. The Labute approximate surface area is 96.6 Å². The molecule has 0 aliphatic rings. The molecule has 3 heteroatoms. The van der Waals surface area contributed by atoms with Gasteiger partial charge < -0.3 is 10.5 Å². The molecule has 0 aliphatic heterocycles. The van der Waals surface area contributed by atoms with Gasteiger partial charge in [-0.25, -0.2) is 0 Å². The number of carbonyl (C=O) groups is 1. The molecule has 0 unspecified atom stereocenters. The molecule has 0 atom stereocenters. The van der Waals surface area contributed by atoms with Crippen LogP contribution in [0.15, 0.2) is 18.2 Å². The fraction of sp³-hybridized carbons (Fsp3) is 0.462. The number of carbonyl (C=O) groups excluding carboxylic acids is 1. The molecule has 0 spiro atoms. The van der Waals surface area contributed by atoms with Gasteiger partial charge in [0.1, 0.15) is 5.75 Å². The van der Waals surface area contributed by atoms with Crippen LogP contribution in [0.1, 0.15) is 37.6 Å². The third-order valence-corrected chi connectivity index (χ3v) is 2.34. The van der Waals surface area contributed by atoms with Gasteiger partial charge in [0.25, 0.3) is 0 Å². The summed E-state index contributed by atoms with van der Waals surface area (Å²) in [4.78, 5) is 11.4. The topological polar surface area (TPSA) is 52.3 Å². The smallest absolute Gasteiger partial charge is 0.163 e. The number of anilines is 1. The first-order chi connectivity index (χ1) is 7.50. The van der Waals surface area contributed by atoms with Crippen molar-refractivity contribution < 1.29 is 9.53 Å². The molecule has 1 aromatic rings. The number of hydrogen-bond donors (Lipinski definition) is 1. The Kier molecular flexibility index (Phi) is 4.35. The number of hydrogen-bond acceptors (Lipinski definition) is 3. The molecule has 1 rings (SSSR count). The summed E-state index contributed by atoms with van der Waals surface area (Å²) < 4.78 is 5.59. The van der Waals surface area contributed by atoms with Crippen LogP contribution in [0.3, 0.4) is 0 Å². The van der Waals surface area contributed by atoms with E-state index in [0.29, 0.717) is 29.5 Å². The lowest BCUT2D eigenvalue weighted by Gasteiger charge is -2.11. The summed E-state index contributed by atoms with van der Waals surface area (Å²) in [5, 5.41) is 0. The summed E-state index contributed by atoms with van der Waals surface area (Å²) >= 11 is 0. The van der Waals surface area contributed by atoms with Crippen molar-refractivity contribution in [3.05, 3.63) is 23.8 Å². The molecular weight excluding hydrogens is 202 g/mol. The molecule has 1 aromatic carbocycles. The van der Waals surface area contributed by atoms with Gasteiger partial charge in [-0.1, -0.05) is 13.8 Å². The van der Waals surface area contributed by atoms with E-state index in [4.69, 9.17) is 10.5 Å². The second-order valence-corrected chi connectivity index (χ2v) is 4.34. The van der Waals surface area contributed by atoms with Gasteiger partial charge in [-0.2, -0.15) is 0 Å². The van der Waals surface area contributed by atoms with E-state index in [0.717, 1.165) is 6.42 Å². The highest BCUT2D eigenvalue weighted by Gasteiger charge is 2.09. The van der Waals surface area contributed by atoms with Crippen LogP contribution >= 0.6 is 0 Å². The molecule has 2 N–H and O–H groups in total. The summed E-state index contributed by atoms with van der Waals surface area (Å²) in [6.45, 7) is 6.42. The summed E-state index contributed by atoms with van der Waals surface area (Å²) in [6.07, 6.45) is 0.974. The van der Waals surface area contributed by atoms with Crippen molar-refractivity contribution in [3.8, 4) is 5.75 Å². The van der Waals surface area contributed by atoms with Gasteiger partial charge in [0.15, 0.2) is 5.78 Å². The number of ether oxygens (including phenoxy) is 1. The molecule has 0 saturated carbocycles. The third-order valence-electron chi connectivity index (χ3n) is 2.34. The van der Waals surface area contributed by atoms with Crippen LogP contribution in [0.25, 0.3) is 0 Å². The molecule has 0 amide bonds. The van der Waals surface area contributed by atoms with Crippen molar-refractivity contribution >= 4 is 11.5 Å². The van der Waals surface area contributed by atoms with Crippen LogP contribution in [0.4, 0.5) is 5.69 Å². The van der Waals surface area contributed by atoms with E-state index in [1.807, 2.05) is 0 Å². The number of rotatable bonds is 5. The van der Waals surface area contributed by atoms with Crippen molar-refractivity contribution in [1.82, 2.24) is 0 Å². The van der Waals surface area contributed by atoms with Crippen molar-refractivity contribution in [2.45, 2.75) is 27.2 Å². The maximum atomic E-state index is 11.4. The second-order valence-electron chi connectivity index (χ2n) is 4.34. The highest BCUT2D eigenvalue weighted by Crippen LogP contribution is 2.22. The van der Waals surface area contributed by atoms with Gasteiger partial charge in [-0.15, -0.1) is 0 Å². The maximum absolute atomic E-state index is 11.4. The molecule has 3 nitrogen and oxygen atoms in total.